The first-order valence-corrected chi connectivity index (χ1v) is 5.54. The second-order valence-electron chi connectivity index (χ2n) is 4.03. The number of ether oxygens (including phenoxy) is 2. The Kier molecular flexibility index (Phi) is 4.82. The van der Waals surface area contributed by atoms with Crippen molar-refractivity contribution in [2.75, 3.05) is 14.2 Å². The van der Waals surface area contributed by atoms with Crippen molar-refractivity contribution in [1.29, 1.82) is 0 Å². The maximum absolute atomic E-state index is 10.9. The van der Waals surface area contributed by atoms with E-state index in [0.29, 0.717) is 0 Å². The summed E-state index contributed by atoms with van der Waals surface area (Å²) >= 11 is 0. The van der Waals surface area contributed by atoms with Crippen LogP contribution >= 0.6 is 0 Å². The fourth-order valence-corrected chi connectivity index (χ4v) is 1.74. The number of methoxy groups -OCH3 is 2. The summed E-state index contributed by atoms with van der Waals surface area (Å²) in [7, 11) is 3.24. The molecule has 1 rings (SSSR count). The summed E-state index contributed by atoms with van der Waals surface area (Å²) in [5, 5.41) is 2.85. The lowest BCUT2D eigenvalue weighted by Gasteiger charge is -2.14. The maximum atomic E-state index is 10.9. The van der Waals surface area contributed by atoms with Gasteiger partial charge in [0.05, 0.1) is 14.2 Å². The van der Waals surface area contributed by atoms with Gasteiger partial charge in [0.2, 0.25) is 5.91 Å². The van der Waals surface area contributed by atoms with Gasteiger partial charge < -0.3 is 14.8 Å². The van der Waals surface area contributed by atoms with Crippen LogP contribution in [-0.2, 0) is 11.2 Å². The Balaban J connectivity index is 2.79. The van der Waals surface area contributed by atoms with Gasteiger partial charge in [-0.1, -0.05) is 0 Å². The zero-order valence-electron chi connectivity index (χ0n) is 10.7. The van der Waals surface area contributed by atoms with Crippen molar-refractivity contribution in [2.45, 2.75) is 26.3 Å². The van der Waals surface area contributed by atoms with E-state index in [1.165, 1.54) is 6.92 Å². The summed E-state index contributed by atoms with van der Waals surface area (Å²) in [6.45, 7) is 3.48. The fourth-order valence-electron chi connectivity index (χ4n) is 1.74. The molecule has 0 aliphatic heterocycles. The van der Waals surface area contributed by atoms with Crippen molar-refractivity contribution in [3.63, 3.8) is 0 Å². The van der Waals surface area contributed by atoms with Gasteiger partial charge in [-0.2, -0.15) is 0 Å². The standard InChI is InChI=1S/C13H19NO3/c1-9(14-10(2)15)5-11-6-12(16-3)8-13(7-11)17-4/h6-9H,5H2,1-4H3,(H,14,15)/t9-/m1/s1. The van der Waals surface area contributed by atoms with E-state index in [4.69, 9.17) is 9.47 Å². The Bertz CT molecular complexity index is 368. The minimum atomic E-state index is -0.0210. The van der Waals surface area contributed by atoms with Crippen molar-refractivity contribution in [3.05, 3.63) is 23.8 Å². The lowest BCUT2D eigenvalue weighted by atomic mass is 10.1. The molecular weight excluding hydrogens is 218 g/mol. The Morgan fingerprint density at radius 1 is 1.24 bits per heavy atom. The zero-order chi connectivity index (χ0) is 12.8. The summed E-state index contributed by atoms with van der Waals surface area (Å²) in [5.41, 5.74) is 1.07. The molecule has 4 heteroatoms. The molecule has 1 aromatic carbocycles. The van der Waals surface area contributed by atoms with Crippen LogP contribution < -0.4 is 14.8 Å². The molecule has 0 saturated heterocycles. The molecule has 1 N–H and O–H groups in total. The highest BCUT2D eigenvalue weighted by Gasteiger charge is 2.07. The van der Waals surface area contributed by atoms with Crippen molar-refractivity contribution in [1.82, 2.24) is 5.32 Å². The molecular formula is C13H19NO3. The minimum absolute atomic E-state index is 0.0210. The molecule has 0 fully saturated rings. The van der Waals surface area contributed by atoms with E-state index < -0.39 is 0 Å². The van der Waals surface area contributed by atoms with Crippen molar-refractivity contribution < 1.29 is 14.3 Å². The molecule has 0 aliphatic carbocycles. The molecule has 4 nitrogen and oxygen atoms in total. The van der Waals surface area contributed by atoms with E-state index in [1.54, 1.807) is 14.2 Å². The van der Waals surface area contributed by atoms with Crippen LogP contribution in [-0.4, -0.2) is 26.2 Å². The number of nitrogens with one attached hydrogen (secondary N) is 1. The van der Waals surface area contributed by atoms with E-state index in [-0.39, 0.29) is 11.9 Å². The zero-order valence-corrected chi connectivity index (χ0v) is 10.7. The third-order valence-electron chi connectivity index (χ3n) is 2.40. The number of rotatable bonds is 5. The summed E-state index contributed by atoms with van der Waals surface area (Å²) in [4.78, 5) is 10.9. The molecule has 94 valence electrons. The van der Waals surface area contributed by atoms with Gasteiger partial charge >= 0.3 is 0 Å². The molecule has 0 aromatic heterocycles. The van der Waals surface area contributed by atoms with E-state index in [1.807, 2.05) is 25.1 Å². The highest BCUT2D eigenvalue weighted by atomic mass is 16.5. The van der Waals surface area contributed by atoms with Gasteiger partial charge in [-0.25, -0.2) is 0 Å². The normalized spacial score (nSPS) is 11.8. The second kappa shape index (κ2) is 6.13. The lowest BCUT2D eigenvalue weighted by molar-refractivity contribution is -0.119. The molecule has 1 aromatic rings. The first-order valence-electron chi connectivity index (χ1n) is 5.54. The molecule has 0 saturated carbocycles. The van der Waals surface area contributed by atoms with E-state index in [0.717, 1.165) is 23.5 Å². The summed E-state index contributed by atoms with van der Waals surface area (Å²) in [5.74, 6) is 1.50. The average Bonchev–Trinajstić information content (AvgIpc) is 2.27. The van der Waals surface area contributed by atoms with Gasteiger partial charge in [0, 0.05) is 19.0 Å². The van der Waals surface area contributed by atoms with E-state index in [2.05, 4.69) is 5.32 Å². The first-order chi connectivity index (χ1) is 8.05. The Hall–Kier alpha value is -1.71. The molecule has 1 atom stereocenters. The number of carbonyl (C=O) groups excluding carboxylic acids is 1. The van der Waals surface area contributed by atoms with Crippen LogP contribution in [0.2, 0.25) is 0 Å². The van der Waals surface area contributed by atoms with Crippen LogP contribution in [0.15, 0.2) is 18.2 Å². The largest absolute Gasteiger partial charge is 0.497 e. The Labute approximate surface area is 102 Å². The van der Waals surface area contributed by atoms with Gasteiger partial charge in [-0.3, -0.25) is 4.79 Å². The van der Waals surface area contributed by atoms with Crippen LogP contribution in [0.1, 0.15) is 19.4 Å². The van der Waals surface area contributed by atoms with Crippen LogP contribution in [0, 0.1) is 0 Å². The van der Waals surface area contributed by atoms with Crippen LogP contribution in [0.5, 0.6) is 11.5 Å². The summed E-state index contributed by atoms with van der Waals surface area (Å²) in [6.07, 6.45) is 0.743. The van der Waals surface area contributed by atoms with Gasteiger partial charge in [-0.15, -0.1) is 0 Å². The van der Waals surface area contributed by atoms with Gasteiger partial charge in [0.25, 0.3) is 0 Å². The second-order valence-corrected chi connectivity index (χ2v) is 4.03. The number of hydrogen-bond donors (Lipinski definition) is 1. The molecule has 0 spiro atoms. The van der Waals surface area contributed by atoms with Crippen LogP contribution in [0.3, 0.4) is 0 Å². The number of benzene rings is 1. The quantitative estimate of drug-likeness (QED) is 0.849. The highest BCUT2D eigenvalue weighted by Crippen LogP contribution is 2.23. The van der Waals surface area contributed by atoms with Crippen LogP contribution in [0.25, 0.3) is 0 Å². The SMILES string of the molecule is COc1cc(C[C@@H](C)NC(C)=O)cc(OC)c1. The molecule has 0 aliphatic rings. The topological polar surface area (TPSA) is 47.6 Å². The number of amides is 1. The van der Waals surface area contributed by atoms with Gasteiger partial charge in [-0.05, 0) is 31.0 Å². The first kappa shape index (κ1) is 13.4. The molecule has 0 radical (unpaired) electrons. The highest BCUT2D eigenvalue weighted by molar-refractivity contribution is 5.73. The molecule has 0 bridgehead atoms. The number of hydrogen-bond acceptors (Lipinski definition) is 3. The fraction of sp³-hybridized carbons (Fsp3) is 0.462. The smallest absolute Gasteiger partial charge is 0.217 e. The summed E-state index contributed by atoms with van der Waals surface area (Å²) < 4.78 is 10.4. The number of carbonyl (C=O) groups is 1. The molecule has 1 amide bonds. The Morgan fingerprint density at radius 3 is 2.18 bits per heavy atom. The third kappa shape index (κ3) is 4.34. The monoisotopic (exact) mass is 237 g/mol. The van der Waals surface area contributed by atoms with E-state index >= 15 is 0 Å². The third-order valence-corrected chi connectivity index (χ3v) is 2.40. The average molecular weight is 237 g/mol. The lowest BCUT2D eigenvalue weighted by Crippen LogP contribution is -2.32. The van der Waals surface area contributed by atoms with Crippen molar-refractivity contribution in [2.24, 2.45) is 0 Å². The minimum Gasteiger partial charge on any atom is -0.497 e. The van der Waals surface area contributed by atoms with Gasteiger partial charge in [0.15, 0.2) is 0 Å². The maximum Gasteiger partial charge on any atom is 0.217 e. The predicted octanol–water partition coefficient (Wildman–Crippen LogP) is 1.77. The predicted molar refractivity (Wildman–Crippen MR) is 66.5 cm³/mol. The molecule has 17 heavy (non-hydrogen) atoms. The van der Waals surface area contributed by atoms with Crippen molar-refractivity contribution >= 4 is 5.91 Å². The van der Waals surface area contributed by atoms with Crippen LogP contribution in [0.4, 0.5) is 0 Å². The Morgan fingerprint density at radius 2 is 1.76 bits per heavy atom. The summed E-state index contributed by atoms with van der Waals surface area (Å²) in [6, 6.07) is 5.80. The van der Waals surface area contributed by atoms with E-state index in [9.17, 15) is 4.79 Å². The van der Waals surface area contributed by atoms with Gasteiger partial charge in [0.1, 0.15) is 11.5 Å². The molecule has 0 heterocycles. The van der Waals surface area contributed by atoms with Crippen molar-refractivity contribution in [3.8, 4) is 11.5 Å². The molecule has 0 unspecified atom stereocenters.